The van der Waals surface area contributed by atoms with E-state index in [9.17, 15) is 4.79 Å². The zero-order valence-electron chi connectivity index (χ0n) is 11.3. The minimum Gasteiger partial charge on any atom is -0.403 e. The van der Waals surface area contributed by atoms with Gasteiger partial charge in [-0.15, -0.1) is 0 Å². The molecule has 21 heavy (non-hydrogen) atoms. The summed E-state index contributed by atoms with van der Waals surface area (Å²) in [4.78, 5) is 16.0. The molecule has 0 spiro atoms. The van der Waals surface area contributed by atoms with Gasteiger partial charge >= 0.3 is 5.97 Å². The summed E-state index contributed by atoms with van der Waals surface area (Å²) in [5.41, 5.74) is 2.26. The van der Waals surface area contributed by atoms with Crippen molar-refractivity contribution in [1.29, 1.82) is 0 Å². The molecule has 2 aromatic carbocycles. The fourth-order valence-electron chi connectivity index (χ4n) is 1.94. The molecule has 0 aliphatic carbocycles. The van der Waals surface area contributed by atoms with Crippen molar-refractivity contribution in [3.8, 4) is 0 Å². The van der Waals surface area contributed by atoms with Crippen LogP contribution in [0.25, 0.3) is 12.2 Å². The van der Waals surface area contributed by atoms with E-state index in [0.29, 0.717) is 11.6 Å². The molecule has 0 aromatic heterocycles. The molecule has 0 N–H and O–H groups in total. The Morgan fingerprint density at radius 2 is 1.43 bits per heavy atom. The van der Waals surface area contributed by atoms with E-state index in [1.54, 1.807) is 12.2 Å². The molecule has 1 heterocycles. The van der Waals surface area contributed by atoms with Crippen LogP contribution in [0.2, 0.25) is 0 Å². The van der Waals surface area contributed by atoms with Gasteiger partial charge in [0, 0.05) is 6.08 Å². The lowest BCUT2D eigenvalue weighted by Crippen LogP contribution is -2.01. The Kier molecular flexibility index (Phi) is 3.74. The smallest absolute Gasteiger partial charge is 0.363 e. The Labute approximate surface area is 122 Å². The fraction of sp³-hybridized carbons (Fsp3) is 0. The molecule has 3 rings (SSSR count). The molecule has 0 amide bonds. The van der Waals surface area contributed by atoms with E-state index < -0.39 is 5.97 Å². The van der Waals surface area contributed by atoms with Crippen LogP contribution in [0.3, 0.4) is 0 Å². The van der Waals surface area contributed by atoms with Crippen LogP contribution in [0.15, 0.2) is 77.4 Å². The number of aliphatic imine (C=N–C) groups is 1. The molecule has 0 fully saturated rings. The molecule has 1 aliphatic heterocycles. The van der Waals surface area contributed by atoms with E-state index in [1.807, 2.05) is 66.7 Å². The summed E-state index contributed by atoms with van der Waals surface area (Å²) in [5, 5.41) is 0. The van der Waals surface area contributed by atoms with Crippen LogP contribution >= 0.6 is 0 Å². The number of rotatable bonds is 3. The summed E-state index contributed by atoms with van der Waals surface area (Å²) in [6.07, 6.45) is 5.27. The highest BCUT2D eigenvalue weighted by Crippen LogP contribution is 2.16. The van der Waals surface area contributed by atoms with E-state index in [-0.39, 0.29) is 0 Å². The summed E-state index contributed by atoms with van der Waals surface area (Å²) in [5.74, 6) is -0.113. The van der Waals surface area contributed by atoms with Crippen molar-refractivity contribution < 1.29 is 9.53 Å². The molecule has 0 radical (unpaired) electrons. The highest BCUT2D eigenvalue weighted by atomic mass is 16.6. The average molecular weight is 275 g/mol. The maximum absolute atomic E-state index is 11.8. The van der Waals surface area contributed by atoms with Crippen molar-refractivity contribution in [3.05, 3.63) is 83.6 Å². The number of carbonyl (C=O) groups is 1. The van der Waals surface area contributed by atoms with E-state index in [4.69, 9.17) is 4.74 Å². The van der Waals surface area contributed by atoms with Crippen molar-refractivity contribution in [2.24, 2.45) is 4.99 Å². The first-order chi connectivity index (χ1) is 10.3. The third-order valence-electron chi connectivity index (χ3n) is 2.96. The van der Waals surface area contributed by atoms with Crippen molar-refractivity contribution >= 4 is 24.0 Å². The van der Waals surface area contributed by atoms with Crippen LogP contribution < -0.4 is 0 Å². The summed E-state index contributed by atoms with van der Waals surface area (Å²) in [6.45, 7) is 0. The lowest BCUT2D eigenvalue weighted by Gasteiger charge is -1.93. The van der Waals surface area contributed by atoms with Gasteiger partial charge in [0.15, 0.2) is 5.70 Å². The summed E-state index contributed by atoms with van der Waals surface area (Å²) in [7, 11) is 0. The van der Waals surface area contributed by atoms with E-state index >= 15 is 0 Å². The molecular formula is C18H13NO2. The lowest BCUT2D eigenvalue weighted by molar-refractivity contribution is -0.129. The average Bonchev–Trinajstić information content (AvgIpc) is 2.87. The van der Waals surface area contributed by atoms with Gasteiger partial charge in [-0.05, 0) is 23.3 Å². The second-order valence-electron chi connectivity index (χ2n) is 4.52. The minimum absolute atomic E-state index is 0.311. The first kappa shape index (κ1) is 13.1. The number of esters is 1. The van der Waals surface area contributed by atoms with Gasteiger partial charge in [-0.3, -0.25) is 0 Å². The maximum atomic E-state index is 11.8. The minimum atomic E-state index is -0.424. The molecule has 102 valence electrons. The lowest BCUT2D eigenvalue weighted by atomic mass is 10.2. The van der Waals surface area contributed by atoms with E-state index in [1.165, 1.54) is 0 Å². The monoisotopic (exact) mass is 275 g/mol. The van der Waals surface area contributed by atoms with Crippen LogP contribution in [0.1, 0.15) is 11.1 Å². The predicted octanol–water partition coefficient (Wildman–Crippen LogP) is 3.70. The van der Waals surface area contributed by atoms with Gasteiger partial charge in [0.05, 0.1) is 0 Å². The first-order valence-electron chi connectivity index (χ1n) is 6.62. The zero-order valence-corrected chi connectivity index (χ0v) is 11.3. The highest BCUT2D eigenvalue weighted by molar-refractivity contribution is 6.11. The van der Waals surface area contributed by atoms with Crippen molar-refractivity contribution in [1.82, 2.24) is 0 Å². The molecule has 0 saturated heterocycles. The van der Waals surface area contributed by atoms with Crippen molar-refractivity contribution in [2.45, 2.75) is 0 Å². The van der Waals surface area contributed by atoms with Gasteiger partial charge in [0.2, 0.25) is 5.90 Å². The van der Waals surface area contributed by atoms with Crippen LogP contribution in [0.4, 0.5) is 0 Å². The van der Waals surface area contributed by atoms with Gasteiger partial charge in [-0.25, -0.2) is 9.79 Å². The molecule has 1 aliphatic rings. The van der Waals surface area contributed by atoms with Crippen molar-refractivity contribution in [2.75, 3.05) is 0 Å². The Bertz CT molecular complexity index is 728. The molecule has 0 unspecified atom stereocenters. The third kappa shape index (κ3) is 3.34. The Morgan fingerprint density at radius 1 is 0.810 bits per heavy atom. The number of carbonyl (C=O) groups excluding carboxylic acids is 1. The number of cyclic esters (lactones) is 1. The first-order valence-corrected chi connectivity index (χ1v) is 6.62. The predicted molar refractivity (Wildman–Crippen MR) is 83.4 cm³/mol. The molecule has 0 saturated carbocycles. The number of ether oxygens (including phenoxy) is 1. The van der Waals surface area contributed by atoms with Crippen LogP contribution in [0.5, 0.6) is 0 Å². The van der Waals surface area contributed by atoms with E-state index in [2.05, 4.69) is 4.99 Å². The van der Waals surface area contributed by atoms with Crippen LogP contribution in [0, 0.1) is 0 Å². The van der Waals surface area contributed by atoms with Crippen LogP contribution in [-0.2, 0) is 9.53 Å². The number of benzene rings is 2. The largest absolute Gasteiger partial charge is 0.403 e. The number of hydrogen-bond acceptors (Lipinski definition) is 3. The van der Waals surface area contributed by atoms with Gasteiger partial charge < -0.3 is 4.74 Å². The fourth-order valence-corrected chi connectivity index (χ4v) is 1.94. The molecular weight excluding hydrogens is 262 g/mol. The summed E-state index contributed by atoms with van der Waals surface area (Å²) < 4.78 is 5.12. The highest BCUT2D eigenvalue weighted by Gasteiger charge is 2.20. The summed E-state index contributed by atoms with van der Waals surface area (Å²) in [6, 6.07) is 19.3. The summed E-state index contributed by atoms with van der Waals surface area (Å²) >= 11 is 0. The van der Waals surface area contributed by atoms with Gasteiger partial charge in [-0.1, -0.05) is 60.7 Å². The quantitative estimate of drug-likeness (QED) is 0.633. The zero-order chi connectivity index (χ0) is 14.5. The standard InChI is InChI=1S/C18H13NO2/c20-18-16(13-15-9-5-2-6-10-15)19-17(21-18)12-11-14-7-3-1-4-8-14/h1-13H/b12-11+,16-13+. The Morgan fingerprint density at radius 3 is 2.10 bits per heavy atom. The Balaban J connectivity index is 1.80. The second kappa shape index (κ2) is 6.01. The molecule has 2 aromatic rings. The van der Waals surface area contributed by atoms with Gasteiger partial charge in [-0.2, -0.15) is 0 Å². The number of hydrogen-bond donors (Lipinski definition) is 0. The second-order valence-corrected chi connectivity index (χ2v) is 4.52. The third-order valence-corrected chi connectivity index (χ3v) is 2.96. The normalized spacial score (nSPS) is 16.3. The van der Waals surface area contributed by atoms with Gasteiger partial charge in [0.1, 0.15) is 0 Å². The molecule has 3 nitrogen and oxygen atoms in total. The van der Waals surface area contributed by atoms with E-state index in [0.717, 1.165) is 11.1 Å². The number of nitrogens with zero attached hydrogens (tertiary/aromatic N) is 1. The van der Waals surface area contributed by atoms with Crippen molar-refractivity contribution in [3.63, 3.8) is 0 Å². The molecule has 0 atom stereocenters. The maximum Gasteiger partial charge on any atom is 0.363 e. The molecule has 3 heteroatoms. The SMILES string of the molecule is O=C1OC(/C=C/c2ccccc2)=NC/1=C/c1ccccc1. The van der Waals surface area contributed by atoms with Gasteiger partial charge in [0.25, 0.3) is 0 Å². The molecule has 0 bridgehead atoms. The Hall–Kier alpha value is -2.94. The topological polar surface area (TPSA) is 38.7 Å². The van der Waals surface area contributed by atoms with Crippen LogP contribution in [-0.4, -0.2) is 11.9 Å².